The molecule has 2 aromatic rings. The molecule has 0 atom stereocenters. The first-order valence-corrected chi connectivity index (χ1v) is 6.17. The number of nitrogens with one attached hydrogen (secondary N) is 1. The molecule has 5 heteroatoms. The van der Waals surface area contributed by atoms with Crippen LogP contribution < -0.4 is 16.2 Å². The molecule has 104 valence electrons. The number of benzene rings is 2. The van der Waals surface area contributed by atoms with Crippen LogP contribution in [0.2, 0.25) is 0 Å². The van der Waals surface area contributed by atoms with Crippen molar-refractivity contribution in [2.45, 2.75) is 6.54 Å². The summed E-state index contributed by atoms with van der Waals surface area (Å²) in [6, 6.07) is 13.5. The number of hydrazine groups is 1. The van der Waals surface area contributed by atoms with Gasteiger partial charge in [0.05, 0.1) is 0 Å². The van der Waals surface area contributed by atoms with Gasteiger partial charge in [0.2, 0.25) is 0 Å². The van der Waals surface area contributed by atoms with Crippen molar-refractivity contribution in [3.63, 3.8) is 0 Å². The predicted octanol–water partition coefficient (Wildman–Crippen LogP) is 2.07. The molecule has 0 saturated heterocycles. The van der Waals surface area contributed by atoms with Crippen molar-refractivity contribution in [2.75, 3.05) is 11.9 Å². The number of amides is 1. The Morgan fingerprint density at radius 1 is 1.25 bits per heavy atom. The number of rotatable bonds is 4. The Morgan fingerprint density at radius 3 is 2.60 bits per heavy atom. The van der Waals surface area contributed by atoms with Gasteiger partial charge in [0.25, 0.3) is 5.91 Å². The van der Waals surface area contributed by atoms with E-state index in [1.165, 1.54) is 12.1 Å². The van der Waals surface area contributed by atoms with Crippen molar-refractivity contribution in [3.8, 4) is 0 Å². The lowest BCUT2D eigenvalue weighted by molar-refractivity contribution is 0.0953. The quantitative estimate of drug-likeness (QED) is 0.509. The molecular formula is C15H16FN3O. The van der Waals surface area contributed by atoms with E-state index in [9.17, 15) is 9.18 Å². The zero-order chi connectivity index (χ0) is 14.5. The molecule has 3 N–H and O–H groups in total. The molecule has 0 aliphatic rings. The van der Waals surface area contributed by atoms with E-state index in [1.54, 1.807) is 30.3 Å². The summed E-state index contributed by atoms with van der Waals surface area (Å²) < 4.78 is 12.9. The summed E-state index contributed by atoms with van der Waals surface area (Å²) in [5.41, 5.74) is 4.49. The van der Waals surface area contributed by atoms with Crippen LogP contribution in [0.1, 0.15) is 15.9 Å². The van der Waals surface area contributed by atoms with Gasteiger partial charge < -0.3 is 4.90 Å². The summed E-state index contributed by atoms with van der Waals surface area (Å²) in [7, 11) is 1.91. The summed E-state index contributed by atoms with van der Waals surface area (Å²) in [5, 5.41) is 0. The molecule has 2 aromatic carbocycles. The van der Waals surface area contributed by atoms with Crippen LogP contribution in [-0.2, 0) is 6.54 Å². The highest BCUT2D eigenvalue weighted by Gasteiger charge is 2.06. The number of carbonyl (C=O) groups excluding carboxylic acids is 1. The first-order valence-electron chi connectivity index (χ1n) is 6.17. The van der Waals surface area contributed by atoms with Gasteiger partial charge in [0.15, 0.2) is 0 Å². The van der Waals surface area contributed by atoms with E-state index in [0.717, 1.165) is 11.3 Å². The summed E-state index contributed by atoms with van der Waals surface area (Å²) >= 11 is 0. The molecule has 0 radical (unpaired) electrons. The Labute approximate surface area is 117 Å². The molecule has 0 fully saturated rings. The van der Waals surface area contributed by atoms with Crippen molar-refractivity contribution in [3.05, 3.63) is 65.5 Å². The normalized spacial score (nSPS) is 10.2. The molecule has 0 aliphatic heterocycles. The third kappa shape index (κ3) is 3.33. The van der Waals surface area contributed by atoms with Crippen LogP contribution in [-0.4, -0.2) is 13.0 Å². The largest absolute Gasteiger partial charge is 0.370 e. The lowest BCUT2D eigenvalue weighted by Crippen LogP contribution is -2.30. The lowest BCUT2D eigenvalue weighted by atomic mass is 10.1. The highest BCUT2D eigenvalue weighted by molar-refractivity contribution is 5.93. The first kappa shape index (κ1) is 14.0. The minimum atomic E-state index is -0.323. The highest BCUT2D eigenvalue weighted by atomic mass is 19.1. The second kappa shape index (κ2) is 6.16. The number of nitrogens with two attached hydrogens (primary N) is 1. The second-order valence-electron chi connectivity index (χ2n) is 4.51. The molecule has 0 unspecified atom stereocenters. The summed E-state index contributed by atoms with van der Waals surface area (Å²) in [6.07, 6.45) is 0. The molecule has 0 spiro atoms. The van der Waals surface area contributed by atoms with E-state index < -0.39 is 0 Å². The number of halogens is 1. The zero-order valence-corrected chi connectivity index (χ0v) is 11.1. The standard InChI is InChI=1S/C15H16FN3O/c1-19(14-7-5-13(16)6-8-14)10-11-3-2-4-12(9-11)15(20)18-17/h2-9H,10,17H2,1H3,(H,18,20). The number of nitrogens with zero attached hydrogens (tertiary/aromatic N) is 1. The zero-order valence-electron chi connectivity index (χ0n) is 11.1. The van der Waals surface area contributed by atoms with Crippen LogP contribution >= 0.6 is 0 Å². The fraction of sp³-hybridized carbons (Fsp3) is 0.133. The molecule has 1 amide bonds. The molecule has 0 aromatic heterocycles. The van der Waals surface area contributed by atoms with Crippen LogP contribution in [0.15, 0.2) is 48.5 Å². The van der Waals surface area contributed by atoms with E-state index in [2.05, 4.69) is 5.43 Å². The average molecular weight is 273 g/mol. The van der Waals surface area contributed by atoms with Gasteiger partial charge in [-0.1, -0.05) is 12.1 Å². The number of hydrogen-bond donors (Lipinski definition) is 2. The Bertz CT molecular complexity index is 598. The van der Waals surface area contributed by atoms with Gasteiger partial charge in [-0.15, -0.1) is 0 Å². The first-order chi connectivity index (χ1) is 9.60. The van der Waals surface area contributed by atoms with Gasteiger partial charge in [0.1, 0.15) is 5.82 Å². The molecular weight excluding hydrogens is 257 g/mol. The summed E-state index contributed by atoms with van der Waals surface area (Å²) in [6.45, 7) is 0.608. The Hall–Kier alpha value is -2.40. The fourth-order valence-corrected chi connectivity index (χ4v) is 1.95. The SMILES string of the molecule is CN(Cc1cccc(C(=O)NN)c1)c1ccc(F)cc1. The minimum Gasteiger partial charge on any atom is -0.370 e. The molecule has 0 heterocycles. The maximum absolute atomic E-state index is 12.9. The molecule has 0 bridgehead atoms. The van der Waals surface area contributed by atoms with Gasteiger partial charge in [-0.05, 0) is 42.0 Å². The van der Waals surface area contributed by atoms with E-state index >= 15 is 0 Å². The molecule has 0 saturated carbocycles. The third-order valence-corrected chi connectivity index (χ3v) is 3.01. The fourth-order valence-electron chi connectivity index (χ4n) is 1.95. The second-order valence-corrected chi connectivity index (χ2v) is 4.51. The highest BCUT2D eigenvalue weighted by Crippen LogP contribution is 2.16. The van der Waals surface area contributed by atoms with Gasteiger partial charge >= 0.3 is 0 Å². The number of carbonyl (C=O) groups is 1. The van der Waals surface area contributed by atoms with Crippen molar-refractivity contribution in [1.29, 1.82) is 0 Å². The molecule has 4 nitrogen and oxygen atoms in total. The van der Waals surface area contributed by atoms with E-state index in [-0.39, 0.29) is 11.7 Å². The molecule has 0 aliphatic carbocycles. The van der Waals surface area contributed by atoms with Crippen LogP contribution in [0.5, 0.6) is 0 Å². The molecule has 20 heavy (non-hydrogen) atoms. The van der Waals surface area contributed by atoms with Gasteiger partial charge in [-0.2, -0.15) is 0 Å². The summed E-state index contributed by atoms with van der Waals surface area (Å²) in [5.74, 6) is 4.53. The topological polar surface area (TPSA) is 58.4 Å². The van der Waals surface area contributed by atoms with Crippen LogP contribution in [0.3, 0.4) is 0 Å². The Balaban J connectivity index is 2.13. The minimum absolute atomic E-state index is 0.260. The van der Waals surface area contributed by atoms with E-state index in [4.69, 9.17) is 5.84 Å². The number of hydrogen-bond acceptors (Lipinski definition) is 3. The smallest absolute Gasteiger partial charge is 0.265 e. The van der Waals surface area contributed by atoms with Crippen molar-refractivity contribution in [2.24, 2.45) is 5.84 Å². The monoisotopic (exact) mass is 273 g/mol. The van der Waals surface area contributed by atoms with Crippen LogP contribution in [0.4, 0.5) is 10.1 Å². The maximum Gasteiger partial charge on any atom is 0.265 e. The lowest BCUT2D eigenvalue weighted by Gasteiger charge is -2.19. The van der Waals surface area contributed by atoms with E-state index in [0.29, 0.717) is 12.1 Å². The van der Waals surface area contributed by atoms with Crippen molar-refractivity contribution in [1.82, 2.24) is 5.43 Å². The van der Waals surface area contributed by atoms with Crippen molar-refractivity contribution >= 4 is 11.6 Å². The Kier molecular flexibility index (Phi) is 4.32. The van der Waals surface area contributed by atoms with Gasteiger partial charge in [0, 0.05) is 24.8 Å². The number of anilines is 1. The number of nitrogen functional groups attached to an aromatic ring is 1. The van der Waals surface area contributed by atoms with Gasteiger partial charge in [-0.25, -0.2) is 10.2 Å². The maximum atomic E-state index is 12.9. The average Bonchev–Trinajstić information content (AvgIpc) is 2.47. The predicted molar refractivity (Wildman–Crippen MR) is 76.6 cm³/mol. The van der Waals surface area contributed by atoms with Crippen molar-refractivity contribution < 1.29 is 9.18 Å². The third-order valence-electron chi connectivity index (χ3n) is 3.01. The Morgan fingerprint density at radius 2 is 1.95 bits per heavy atom. The van der Waals surface area contributed by atoms with Gasteiger partial charge in [-0.3, -0.25) is 10.2 Å². The van der Waals surface area contributed by atoms with Crippen LogP contribution in [0.25, 0.3) is 0 Å². The van der Waals surface area contributed by atoms with E-state index in [1.807, 2.05) is 18.0 Å². The van der Waals surface area contributed by atoms with Crippen LogP contribution in [0, 0.1) is 5.82 Å². The summed E-state index contributed by atoms with van der Waals surface area (Å²) in [4.78, 5) is 13.4. The molecule has 2 rings (SSSR count).